The van der Waals surface area contributed by atoms with E-state index in [4.69, 9.17) is 29.7 Å². The number of ether oxygens (including phenoxy) is 2. The Bertz CT molecular complexity index is 1520. The number of nitrogen functional groups attached to an aromatic ring is 1. The monoisotopic (exact) mass is 532 g/mol. The van der Waals surface area contributed by atoms with E-state index in [-0.39, 0.29) is 19.2 Å². The summed E-state index contributed by atoms with van der Waals surface area (Å²) in [5, 5.41) is 8.77. The predicted molar refractivity (Wildman–Crippen MR) is 133 cm³/mol. The van der Waals surface area contributed by atoms with E-state index in [0.717, 1.165) is 16.2 Å². The van der Waals surface area contributed by atoms with Gasteiger partial charge in [-0.25, -0.2) is 24.8 Å². The summed E-state index contributed by atoms with van der Waals surface area (Å²) >= 11 is 1.41. The third-order valence-electron chi connectivity index (χ3n) is 5.32. The third-order valence-corrected chi connectivity index (χ3v) is 6.98. The smallest absolute Gasteiger partial charge is 0.274 e. The molecule has 0 unspecified atom stereocenters. The second-order valence-corrected chi connectivity index (χ2v) is 10.3. The lowest BCUT2D eigenvalue weighted by Gasteiger charge is -2.12. The quantitative estimate of drug-likeness (QED) is 0.215. The maximum absolute atomic E-state index is 11.0. The lowest BCUT2D eigenvalue weighted by atomic mass is 10.1. The minimum absolute atomic E-state index is 0.149. The fourth-order valence-corrected chi connectivity index (χ4v) is 5.13. The number of hydrogen-bond acceptors (Lipinski definition) is 11. The molecule has 1 aliphatic rings. The SMILES string of the molecule is Cc1ccc(-c2cc3c(cc2Sc2nc4c(N)ncnc4n2CCNCCNS(N)(=O)=O)OCO3)o1. The van der Waals surface area contributed by atoms with Gasteiger partial charge in [-0.05, 0) is 31.2 Å². The number of nitrogens with one attached hydrogen (secondary N) is 2. The highest BCUT2D eigenvalue weighted by atomic mass is 32.2. The van der Waals surface area contributed by atoms with Crippen molar-refractivity contribution in [1.82, 2.24) is 29.6 Å². The number of aromatic nitrogens is 4. The topological polar surface area (TPSA) is 185 Å². The maximum atomic E-state index is 11.0. The highest BCUT2D eigenvalue weighted by molar-refractivity contribution is 7.99. The van der Waals surface area contributed by atoms with E-state index in [1.807, 2.05) is 35.8 Å². The van der Waals surface area contributed by atoms with Crippen LogP contribution in [0.25, 0.3) is 22.5 Å². The number of aryl methyl sites for hydroxylation is 1. The Labute approximate surface area is 210 Å². The van der Waals surface area contributed by atoms with Gasteiger partial charge in [0.2, 0.25) is 6.79 Å². The summed E-state index contributed by atoms with van der Waals surface area (Å²) in [6, 6.07) is 7.60. The standard InChI is InChI=1S/C21H24N8O5S2/c1-12-2-3-14(34-12)13-8-15-16(33-11-32-15)9-17(13)35-21-28-18-19(22)25-10-26-20(18)29(21)7-6-24-4-5-27-36(23,30)31/h2-3,8-10,24,27H,4-7,11H2,1H3,(H2,22,25,26)(H2,23,30,31). The van der Waals surface area contributed by atoms with Crippen molar-refractivity contribution in [3.8, 4) is 22.8 Å². The molecule has 4 aromatic rings. The number of fused-ring (bicyclic) bond motifs is 2. The van der Waals surface area contributed by atoms with Gasteiger partial charge in [0, 0.05) is 36.6 Å². The normalized spacial score (nSPS) is 13.1. The van der Waals surface area contributed by atoms with Crippen LogP contribution in [0.15, 0.2) is 45.1 Å². The van der Waals surface area contributed by atoms with Crippen molar-refractivity contribution in [3.63, 3.8) is 0 Å². The second kappa shape index (κ2) is 9.94. The number of furan rings is 1. The van der Waals surface area contributed by atoms with Gasteiger partial charge in [0.05, 0.1) is 0 Å². The first-order valence-corrected chi connectivity index (χ1v) is 13.3. The molecule has 15 heteroatoms. The van der Waals surface area contributed by atoms with Crippen LogP contribution in [0.5, 0.6) is 11.5 Å². The van der Waals surface area contributed by atoms with Crippen LogP contribution in [0.2, 0.25) is 0 Å². The predicted octanol–water partition coefficient (Wildman–Crippen LogP) is 1.24. The molecule has 190 valence electrons. The number of benzene rings is 1. The largest absolute Gasteiger partial charge is 0.461 e. The van der Waals surface area contributed by atoms with Crippen LogP contribution in [0.3, 0.4) is 0 Å². The fraction of sp³-hybridized carbons (Fsp3) is 0.286. The molecule has 36 heavy (non-hydrogen) atoms. The summed E-state index contributed by atoms with van der Waals surface area (Å²) in [4.78, 5) is 14.0. The third kappa shape index (κ3) is 5.24. The summed E-state index contributed by atoms with van der Waals surface area (Å²) < 4.78 is 43.3. The first-order valence-electron chi connectivity index (χ1n) is 10.9. The average Bonchev–Trinajstić information content (AvgIpc) is 3.54. The van der Waals surface area contributed by atoms with E-state index >= 15 is 0 Å². The van der Waals surface area contributed by atoms with Crippen LogP contribution < -0.4 is 30.4 Å². The van der Waals surface area contributed by atoms with Gasteiger partial charge in [-0.15, -0.1) is 0 Å². The van der Waals surface area contributed by atoms with Crippen LogP contribution in [-0.4, -0.2) is 54.4 Å². The Balaban J connectivity index is 1.45. The zero-order chi connectivity index (χ0) is 25.3. The van der Waals surface area contributed by atoms with Gasteiger partial charge < -0.3 is 29.5 Å². The first kappa shape index (κ1) is 24.3. The molecule has 0 fully saturated rings. The lowest BCUT2D eigenvalue weighted by molar-refractivity contribution is 0.174. The minimum atomic E-state index is -3.73. The van der Waals surface area contributed by atoms with E-state index in [1.165, 1.54) is 18.1 Å². The van der Waals surface area contributed by atoms with Gasteiger partial charge in [0.25, 0.3) is 10.2 Å². The van der Waals surface area contributed by atoms with Crippen LogP contribution >= 0.6 is 11.8 Å². The summed E-state index contributed by atoms with van der Waals surface area (Å²) in [5.74, 6) is 3.04. The fourth-order valence-electron chi connectivity index (χ4n) is 3.69. The maximum Gasteiger partial charge on any atom is 0.274 e. The first-order chi connectivity index (χ1) is 17.3. The van der Waals surface area contributed by atoms with Gasteiger partial charge in [-0.1, -0.05) is 11.8 Å². The number of hydrogen-bond donors (Lipinski definition) is 4. The molecule has 0 saturated heterocycles. The van der Waals surface area contributed by atoms with Crippen molar-refractivity contribution in [2.24, 2.45) is 5.14 Å². The lowest BCUT2D eigenvalue weighted by Crippen LogP contribution is -2.36. The zero-order valence-electron chi connectivity index (χ0n) is 19.2. The molecule has 6 N–H and O–H groups in total. The van der Waals surface area contributed by atoms with Gasteiger partial charge in [0.1, 0.15) is 17.8 Å². The van der Waals surface area contributed by atoms with Crippen LogP contribution in [-0.2, 0) is 16.8 Å². The molecule has 1 aromatic carbocycles. The number of anilines is 1. The van der Waals surface area contributed by atoms with E-state index in [0.29, 0.717) is 53.2 Å². The molecule has 1 aliphatic heterocycles. The molecule has 0 atom stereocenters. The molecule has 0 amide bonds. The molecule has 4 heterocycles. The van der Waals surface area contributed by atoms with Gasteiger partial charge in [-0.2, -0.15) is 8.42 Å². The molecule has 13 nitrogen and oxygen atoms in total. The van der Waals surface area contributed by atoms with Gasteiger partial charge in [-0.3, -0.25) is 0 Å². The van der Waals surface area contributed by atoms with Crippen molar-refractivity contribution in [3.05, 3.63) is 36.4 Å². The number of nitrogens with zero attached hydrogens (tertiary/aromatic N) is 4. The van der Waals surface area contributed by atoms with E-state index < -0.39 is 10.2 Å². The van der Waals surface area contributed by atoms with Crippen molar-refractivity contribution < 1.29 is 22.3 Å². The minimum Gasteiger partial charge on any atom is -0.461 e. The Morgan fingerprint density at radius 3 is 2.69 bits per heavy atom. The Morgan fingerprint density at radius 2 is 1.94 bits per heavy atom. The molecule has 0 radical (unpaired) electrons. The zero-order valence-corrected chi connectivity index (χ0v) is 20.9. The summed E-state index contributed by atoms with van der Waals surface area (Å²) in [6.45, 7) is 3.60. The van der Waals surface area contributed by atoms with E-state index in [9.17, 15) is 8.42 Å². The van der Waals surface area contributed by atoms with Crippen molar-refractivity contribution in [2.75, 3.05) is 32.2 Å². The molecule has 3 aromatic heterocycles. The van der Waals surface area contributed by atoms with Crippen molar-refractivity contribution >= 4 is 39.0 Å². The van der Waals surface area contributed by atoms with Gasteiger partial charge in [0.15, 0.2) is 33.6 Å². The molecule has 0 saturated carbocycles. The highest BCUT2D eigenvalue weighted by Crippen LogP contribution is 2.45. The molecule has 5 rings (SSSR count). The average molecular weight is 533 g/mol. The Morgan fingerprint density at radius 1 is 1.14 bits per heavy atom. The van der Waals surface area contributed by atoms with E-state index in [1.54, 1.807) is 0 Å². The molecular weight excluding hydrogens is 508 g/mol. The summed E-state index contributed by atoms with van der Waals surface area (Å²) in [6.07, 6.45) is 1.39. The van der Waals surface area contributed by atoms with Gasteiger partial charge >= 0.3 is 0 Å². The molecular formula is C21H24N8O5S2. The summed E-state index contributed by atoms with van der Waals surface area (Å²) in [7, 11) is -3.73. The summed E-state index contributed by atoms with van der Waals surface area (Å²) in [5.41, 5.74) is 8.00. The van der Waals surface area contributed by atoms with Crippen molar-refractivity contribution in [2.45, 2.75) is 23.5 Å². The molecule has 0 spiro atoms. The molecule has 0 bridgehead atoms. The Hall–Kier alpha value is -3.37. The number of rotatable bonds is 10. The van der Waals surface area contributed by atoms with E-state index in [2.05, 4.69) is 20.0 Å². The number of nitrogens with two attached hydrogens (primary N) is 2. The molecule has 0 aliphatic carbocycles. The van der Waals surface area contributed by atoms with Crippen molar-refractivity contribution in [1.29, 1.82) is 0 Å². The number of imidazole rings is 1. The van der Waals surface area contributed by atoms with Crippen LogP contribution in [0, 0.1) is 6.92 Å². The van der Waals surface area contributed by atoms with Crippen LogP contribution in [0.4, 0.5) is 5.82 Å². The second-order valence-electron chi connectivity index (χ2n) is 7.88. The van der Waals surface area contributed by atoms with Crippen LogP contribution in [0.1, 0.15) is 5.76 Å². The highest BCUT2D eigenvalue weighted by Gasteiger charge is 2.23. The Kier molecular flexibility index (Phi) is 6.72.